The van der Waals surface area contributed by atoms with E-state index in [1.165, 1.54) is 10.4 Å². The second kappa shape index (κ2) is 3.95. The fraction of sp³-hybridized carbons (Fsp3) is 0.538. The van der Waals surface area contributed by atoms with Crippen molar-refractivity contribution in [2.24, 2.45) is 0 Å². The van der Waals surface area contributed by atoms with Gasteiger partial charge in [-0.25, -0.2) is 4.98 Å². The van der Waals surface area contributed by atoms with Crippen LogP contribution in [0.5, 0.6) is 0 Å². The highest BCUT2D eigenvalue weighted by Gasteiger charge is 2.31. The fourth-order valence-electron chi connectivity index (χ4n) is 2.76. The van der Waals surface area contributed by atoms with Gasteiger partial charge in [-0.3, -0.25) is 0 Å². The first-order valence-corrected chi connectivity index (χ1v) is 7.56. The Balaban J connectivity index is 2.09. The molecule has 0 spiro atoms. The number of tetrazole rings is 1. The molecule has 0 aromatic carbocycles. The standard InChI is InChI=1S/C13H15N5OS/c1-4-9-14-12-10(11-15-16-17-18(9)11)7-5-13(2,3)19-6-8(7)20-12/h4-6H2,1-3H3. The van der Waals surface area contributed by atoms with Crippen LogP contribution in [0.3, 0.4) is 0 Å². The lowest BCUT2D eigenvalue weighted by Crippen LogP contribution is -2.31. The van der Waals surface area contributed by atoms with Crippen LogP contribution in [0.1, 0.15) is 37.0 Å². The number of fused-ring (bicyclic) bond motifs is 5. The van der Waals surface area contributed by atoms with Crippen LogP contribution in [0.15, 0.2) is 0 Å². The number of ether oxygens (including phenoxy) is 1. The summed E-state index contributed by atoms with van der Waals surface area (Å²) in [7, 11) is 0. The third-order valence-corrected chi connectivity index (χ3v) is 4.85. The molecule has 104 valence electrons. The van der Waals surface area contributed by atoms with E-state index in [0.29, 0.717) is 6.61 Å². The second-order valence-electron chi connectivity index (χ2n) is 5.70. The fourth-order valence-corrected chi connectivity index (χ4v) is 3.87. The molecule has 0 amide bonds. The Labute approximate surface area is 119 Å². The number of nitrogens with zero attached hydrogens (tertiary/aromatic N) is 5. The third-order valence-electron chi connectivity index (χ3n) is 3.75. The molecule has 0 N–H and O–H groups in total. The molecule has 6 nitrogen and oxygen atoms in total. The van der Waals surface area contributed by atoms with E-state index in [0.717, 1.165) is 34.5 Å². The highest BCUT2D eigenvalue weighted by molar-refractivity contribution is 7.19. The summed E-state index contributed by atoms with van der Waals surface area (Å²) in [6.07, 6.45) is 1.68. The molecule has 3 aromatic heterocycles. The van der Waals surface area contributed by atoms with Gasteiger partial charge >= 0.3 is 0 Å². The number of hydrogen-bond donors (Lipinski definition) is 0. The number of aryl methyl sites for hydroxylation is 1. The van der Waals surface area contributed by atoms with Crippen molar-refractivity contribution >= 4 is 27.2 Å². The molecular weight excluding hydrogens is 274 g/mol. The maximum Gasteiger partial charge on any atom is 0.191 e. The molecule has 1 aliphatic heterocycles. The summed E-state index contributed by atoms with van der Waals surface area (Å²) in [5.74, 6) is 0.899. The van der Waals surface area contributed by atoms with Gasteiger partial charge in [0, 0.05) is 17.7 Å². The number of rotatable bonds is 1. The Morgan fingerprint density at radius 2 is 2.25 bits per heavy atom. The molecule has 7 heteroatoms. The lowest BCUT2D eigenvalue weighted by molar-refractivity contribution is -0.0379. The number of aromatic nitrogens is 5. The molecule has 0 unspecified atom stereocenters. The first-order valence-electron chi connectivity index (χ1n) is 6.74. The van der Waals surface area contributed by atoms with Gasteiger partial charge in [-0.2, -0.15) is 4.52 Å². The lowest BCUT2D eigenvalue weighted by Gasteiger charge is -2.30. The van der Waals surface area contributed by atoms with E-state index in [1.807, 2.05) is 0 Å². The zero-order chi connectivity index (χ0) is 13.9. The zero-order valence-corrected chi connectivity index (χ0v) is 12.5. The summed E-state index contributed by atoms with van der Waals surface area (Å²) >= 11 is 1.70. The smallest absolute Gasteiger partial charge is 0.191 e. The van der Waals surface area contributed by atoms with Crippen molar-refractivity contribution in [3.63, 3.8) is 0 Å². The summed E-state index contributed by atoms with van der Waals surface area (Å²) in [5, 5.41) is 13.2. The van der Waals surface area contributed by atoms with Crippen LogP contribution in [0, 0.1) is 0 Å². The van der Waals surface area contributed by atoms with Gasteiger partial charge in [-0.05, 0) is 29.8 Å². The van der Waals surface area contributed by atoms with E-state index in [1.54, 1.807) is 15.9 Å². The third kappa shape index (κ3) is 1.59. The summed E-state index contributed by atoms with van der Waals surface area (Å²) in [5.41, 5.74) is 1.98. The van der Waals surface area contributed by atoms with Crippen LogP contribution >= 0.6 is 11.3 Å². The predicted molar refractivity (Wildman–Crippen MR) is 75.9 cm³/mol. The molecule has 3 aromatic rings. The van der Waals surface area contributed by atoms with E-state index in [4.69, 9.17) is 9.72 Å². The van der Waals surface area contributed by atoms with Crippen LogP contribution in [-0.4, -0.2) is 30.6 Å². The zero-order valence-electron chi connectivity index (χ0n) is 11.7. The molecule has 4 heterocycles. The van der Waals surface area contributed by atoms with Crippen molar-refractivity contribution in [1.82, 2.24) is 25.0 Å². The Morgan fingerprint density at radius 1 is 1.40 bits per heavy atom. The Hall–Kier alpha value is -1.60. The minimum absolute atomic E-state index is 0.144. The van der Waals surface area contributed by atoms with Gasteiger partial charge in [0.2, 0.25) is 0 Å². The molecule has 0 atom stereocenters. The monoisotopic (exact) mass is 289 g/mol. The maximum atomic E-state index is 5.90. The number of hydrogen-bond acceptors (Lipinski definition) is 6. The highest BCUT2D eigenvalue weighted by atomic mass is 32.1. The van der Waals surface area contributed by atoms with Gasteiger partial charge in [0.15, 0.2) is 5.65 Å². The van der Waals surface area contributed by atoms with Gasteiger partial charge < -0.3 is 4.74 Å². The molecular formula is C13H15N5OS. The molecule has 0 bridgehead atoms. The lowest BCUT2D eigenvalue weighted by atomic mass is 9.94. The SMILES string of the molecule is CCc1nc2sc3c(c2c2nnnn12)CC(C)(C)OC3. The van der Waals surface area contributed by atoms with Crippen LogP contribution in [0.2, 0.25) is 0 Å². The molecule has 0 radical (unpaired) electrons. The summed E-state index contributed by atoms with van der Waals surface area (Å²) in [4.78, 5) is 7.01. The van der Waals surface area contributed by atoms with Gasteiger partial charge in [-0.15, -0.1) is 16.4 Å². The first kappa shape index (κ1) is 12.2. The molecule has 20 heavy (non-hydrogen) atoms. The van der Waals surface area contributed by atoms with Crippen LogP contribution in [0.4, 0.5) is 0 Å². The van der Waals surface area contributed by atoms with Crippen LogP contribution in [-0.2, 0) is 24.2 Å². The maximum absolute atomic E-state index is 5.90. The molecule has 1 aliphatic rings. The van der Waals surface area contributed by atoms with E-state index in [9.17, 15) is 0 Å². The molecule has 0 aliphatic carbocycles. The Kier molecular flexibility index (Phi) is 2.41. The topological polar surface area (TPSA) is 65.2 Å². The normalized spacial score (nSPS) is 17.8. The van der Waals surface area contributed by atoms with Gasteiger partial charge in [0.05, 0.1) is 17.6 Å². The summed E-state index contributed by atoms with van der Waals surface area (Å²) < 4.78 is 7.66. The number of thiophene rings is 1. The second-order valence-corrected chi connectivity index (χ2v) is 6.79. The van der Waals surface area contributed by atoms with Gasteiger partial charge in [0.1, 0.15) is 10.7 Å². The quantitative estimate of drug-likeness (QED) is 0.686. The van der Waals surface area contributed by atoms with Crippen molar-refractivity contribution in [2.45, 2.75) is 45.8 Å². The van der Waals surface area contributed by atoms with E-state index >= 15 is 0 Å². The minimum atomic E-state index is -0.144. The average Bonchev–Trinajstić information content (AvgIpc) is 2.99. The minimum Gasteiger partial charge on any atom is -0.370 e. The largest absolute Gasteiger partial charge is 0.370 e. The Bertz CT molecular complexity index is 819. The van der Waals surface area contributed by atoms with Crippen LogP contribution < -0.4 is 0 Å². The summed E-state index contributed by atoms with van der Waals surface area (Å²) in [6.45, 7) is 6.95. The summed E-state index contributed by atoms with van der Waals surface area (Å²) in [6, 6.07) is 0. The molecule has 4 rings (SSSR count). The highest BCUT2D eigenvalue weighted by Crippen LogP contribution is 2.39. The van der Waals surface area contributed by atoms with Crippen molar-refractivity contribution in [3.05, 3.63) is 16.3 Å². The Morgan fingerprint density at radius 3 is 3.05 bits per heavy atom. The first-order chi connectivity index (χ1) is 9.59. The average molecular weight is 289 g/mol. The molecule has 0 saturated carbocycles. The van der Waals surface area contributed by atoms with Gasteiger partial charge in [-0.1, -0.05) is 6.92 Å². The van der Waals surface area contributed by atoms with Crippen molar-refractivity contribution in [3.8, 4) is 0 Å². The van der Waals surface area contributed by atoms with Crippen molar-refractivity contribution < 1.29 is 4.74 Å². The van der Waals surface area contributed by atoms with Crippen molar-refractivity contribution in [1.29, 1.82) is 0 Å². The van der Waals surface area contributed by atoms with Gasteiger partial charge in [0.25, 0.3) is 0 Å². The predicted octanol–water partition coefficient (Wildman–Crippen LogP) is 2.15. The van der Waals surface area contributed by atoms with E-state index < -0.39 is 0 Å². The molecule has 0 fully saturated rings. The van der Waals surface area contributed by atoms with E-state index in [2.05, 4.69) is 36.3 Å². The van der Waals surface area contributed by atoms with E-state index in [-0.39, 0.29) is 5.60 Å². The molecule has 0 saturated heterocycles. The van der Waals surface area contributed by atoms with Crippen LogP contribution in [0.25, 0.3) is 15.9 Å². The van der Waals surface area contributed by atoms with Crippen molar-refractivity contribution in [2.75, 3.05) is 0 Å².